The van der Waals surface area contributed by atoms with Gasteiger partial charge < -0.3 is 4.90 Å². The van der Waals surface area contributed by atoms with Crippen LogP contribution in [-0.2, 0) is 4.79 Å². The van der Waals surface area contributed by atoms with Crippen molar-refractivity contribution in [3.8, 4) is 0 Å². The fraction of sp³-hybridized carbons (Fsp3) is 0.385. The molecule has 0 radical (unpaired) electrons. The van der Waals surface area contributed by atoms with E-state index in [1.165, 1.54) is 18.2 Å². The zero-order valence-electron chi connectivity index (χ0n) is 10.7. The first kappa shape index (κ1) is 13.9. The molecule has 1 amide bonds. The maximum absolute atomic E-state index is 12.3. The van der Waals surface area contributed by atoms with Gasteiger partial charge in [-0.1, -0.05) is 0 Å². The maximum atomic E-state index is 12.3. The van der Waals surface area contributed by atoms with E-state index >= 15 is 0 Å². The van der Waals surface area contributed by atoms with E-state index in [4.69, 9.17) is 0 Å². The van der Waals surface area contributed by atoms with Crippen molar-refractivity contribution in [2.75, 3.05) is 13.1 Å². The molecule has 1 aliphatic rings. The second-order valence-electron chi connectivity index (χ2n) is 4.55. The van der Waals surface area contributed by atoms with Crippen LogP contribution in [0.4, 0.5) is 11.4 Å². The van der Waals surface area contributed by atoms with Gasteiger partial charge in [-0.3, -0.25) is 14.9 Å². The van der Waals surface area contributed by atoms with Gasteiger partial charge in [0.1, 0.15) is 0 Å². The number of nitro benzene ring substituents is 1. The van der Waals surface area contributed by atoms with Crippen LogP contribution < -0.4 is 0 Å². The molecule has 0 aliphatic carbocycles. The van der Waals surface area contributed by atoms with Crippen LogP contribution in [0.1, 0.15) is 29.6 Å². The van der Waals surface area contributed by atoms with Gasteiger partial charge in [0.2, 0.25) is 6.08 Å². The molecule has 0 saturated carbocycles. The quantitative estimate of drug-likeness (QED) is 0.366. The average molecular weight is 275 g/mol. The summed E-state index contributed by atoms with van der Waals surface area (Å²) in [6.07, 6.45) is 4.27. The van der Waals surface area contributed by atoms with E-state index in [2.05, 4.69) is 4.99 Å². The van der Waals surface area contributed by atoms with Gasteiger partial charge in [0, 0.05) is 30.8 Å². The monoisotopic (exact) mass is 275 g/mol. The number of likely N-dealkylation sites (tertiary alicyclic amines) is 1. The number of nitrogens with zero attached hydrogens (tertiary/aromatic N) is 3. The van der Waals surface area contributed by atoms with Crippen LogP contribution in [0.15, 0.2) is 23.2 Å². The Bertz CT molecular complexity index is 567. The van der Waals surface area contributed by atoms with Crippen molar-refractivity contribution in [2.24, 2.45) is 4.99 Å². The molecular weight excluding hydrogens is 262 g/mol. The van der Waals surface area contributed by atoms with Crippen molar-refractivity contribution in [1.82, 2.24) is 4.90 Å². The molecule has 7 heteroatoms. The van der Waals surface area contributed by atoms with Gasteiger partial charge in [-0.25, -0.2) is 4.79 Å². The van der Waals surface area contributed by atoms with Crippen LogP contribution in [0.3, 0.4) is 0 Å². The highest BCUT2D eigenvalue weighted by molar-refractivity contribution is 5.96. The fourth-order valence-electron chi connectivity index (χ4n) is 2.22. The Morgan fingerprint density at radius 2 is 1.95 bits per heavy atom. The van der Waals surface area contributed by atoms with Gasteiger partial charge >= 0.3 is 0 Å². The van der Waals surface area contributed by atoms with Gasteiger partial charge in [0.25, 0.3) is 11.6 Å². The Hall–Kier alpha value is -2.53. The van der Waals surface area contributed by atoms with E-state index < -0.39 is 4.92 Å². The standard InChI is InChI=1S/C13H13N3O4/c17-9-14-11-6-10(7-12(8-11)16(19)20)13(18)15-4-2-1-3-5-15/h6-8H,1-5H2. The van der Waals surface area contributed by atoms with Crippen LogP contribution >= 0.6 is 0 Å². The highest BCUT2D eigenvalue weighted by atomic mass is 16.6. The van der Waals surface area contributed by atoms with E-state index in [1.807, 2.05) is 0 Å². The van der Waals surface area contributed by atoms with Crippen molar-refractivity contribution in [3.63, 3.8) is 0 Å². The number of amides is 1. The molecule has 1 aromatic carbocycles. The molecule has 7 nitrogen and oxygen atoms in total. The first-order valence-electron chi connectivity index (χ1n) is 6.28. The summed E-state index contributed by atoms with van der Waals surface area (Å²) in [5.74, 6) is -0.268. The Morgan fingerprint density at radius 3 is 2.55 bits per heavy atom. The number of benzene rings is 1. The predicted molar refractivity (Wildman–Crippen MR) is 70.6 cm³/mol. The van der Waals surface area contributed by atoms with E-state index in [9.17, 15) is 19.7 Å². The lowest BCUT2D eigenvalue weighted by atomic mass is 10.1. The molecule has 0 atom stereocenters. The number of piperidine rings is 1. The topological polar surface area (TPSA) is 92.9 Å². The summed E-state index contributed by atoms with van der Waals surface area (Å²) in [5, 5.41) is 10.8. The van der Waals surface area contributed by atoms with E-state index in [0.29, 0.717) is 13.1 Å². The minimum atomic E-state index is -0.614. The van der Waals surface area contributed by atoms with Crippen molar-refractivity contribution < 1.29 is 14.5 Å². The summed E-state index contributed by atoms with van der Waals surface area (Å²) in [5.41, 5.74) is -0.0217. The lowest BCUT2D eigenvalue weighted by Gasteiger charge is -2.26. The minimum absolute atomic E-state index is 0.0644. The van der Waals surface area contributed by atoms with Gasteiger partial charge in [0.15, 0.2) is 0 Å². The molecular formula is C13H13N3O4. The molecule has 1 fully saturated rings. The number of isocyanates is 1. The van der Waals surface area contributed by atoms with Crippen LogP contribution in [0, 0.1) is 10.1 Å². The molecule has 104 valence electrons. The predicted octanol–water partition coefficient (Wildman–Crippen LogP) is 2.19. The summed E-state index contributed by atoms with van der Waals surface area (Å²) < 4.78 is 0. The number of rotatable bonds is 3. The third-order valence-electron chi connectivity index (χ3n) is 3.18. The lowest BCUT2D eigenvalue weighted by Crippen LogP contribution is -2.35. The third-order valence-corrected chi connectivity index (χ3v) is 3.18. The van der Waals surface area contributed by atoms with Crippen LogP contribution in [0.25, 0.3) is 0 Å². The largest absolute Gasteiger partial charge is 0.339 e. The molecule has 0 bridgehead atoms. The van der Waals surface area contributed by atoms with Gasteiger partial charge in [0.05, 0.1) is 10.6 Å². The number of aliphatic imine (C=N–C) groups is 1. The highest BCUT2D eigenvalue weighted by Crippen LogP contribution is 2.24. The SMILES string of the molecule is O=C=Nc1cc(C(=O)N2CCCCC2)cc([N+](=O)[O-])c1. The molecule has 0 aromatic heterocycles. The van der Waals surface area contributed by atoms with Crippen molar-refractivity contribution in [3.05, 3.63) is 33.9 Å². The molecule has 1 heterocycles. The minimum Gasteiger partial charge on any atom is -0.339 e. The number of non-ortho nitro benzene ring substituents is 1. The summed E-state index contributed by atoms with van der Waals surface area (Å²) >= 11 is 0. The number of carbonyl (C=O) groups is 1. The average Bonchev–Trinajstić information content (AvgIpc) is 2.47. The molecule has 0 N–H and O–H groups in total. The Kier molecular flexibility index (Phi) is 4.22. The van der Waals surface area contributed by atoms with Crippen molar-refractivity contribution in [1.29, 1.82) is 0 Å². The highest BCUT2D eigenvalue weighted by Gasteiger charge is 2.21. The number of carbonyl (C=O) groups excluding carboxylic acids is 2. The first-order chi connectivity index (χ1) is 9.61. The second kappa shape index (κ2) is 6.08. The van der Waals surface area contributed by atoms with E-state index in [-0.39, 0.29) is 22.8 Å². The summed E-state index contributed by atoms with van der Waals surface area (Å²) in [6.45, 7) is 1.29. The Balaban J connectivity index is 2.36. The van der Waals surface area contributed by atoms with Crippen LogP contribution in [-0.4, -0.2) is 34.9 Å². The first-order valence-corrected chi connectivity index (χ1v) is 6.28. The molecule has 1 aliphatic heterocycles. The smallest absolute Gasteiger partial charge is 0.272 e. The van der Waals surface area contributed by atoms with Crippen LogP contribution in [0.5, 0.6) is 0 Å². The molecule has 20 heavy (non-hydrogen) atoms. The fourth-order valence-corrected chi connectivity index (χ4v) is 2.22. The van der Waals surface area contributed by atoms with Gasteiger partial charge in [-0.15, -0.1) is 0 Å². The Labute approximate surface area is 115 Å². The number of hydrogen-bond acceptors (Lipinski definition) is 5. The normalized spacial score (nSPS) is 14.5. The summed E-state index contributed by atoms with van der Waals surface area (Å²) in [4.78, 5) is 37.8. The summed E-state index contributed by atoms with van der Waals surface area (Å²) in [6, 6.07) is 3.72. The van der Waals surface area contributed by atoms with Crippen molar-refractivity contribution in [2.45, 2.75) is 19.3 Å². The number of nitro groups is 1. The second-order valence-corrected chi connectivity index (χ2v) is 4.55. The number of hydrogen-bond donors (Lipinski definition) is 0. The van der Waals surface area contributed by atoms with Crippen LogP contribution in [0.2, 0.25) is 0 Å². The molecule has 1 aromatic rings. The molecule has 2 rings (SSSR count). The van der Waals surface area contributed by atoms with E-state index in [0.717, 1.165) is 25.3 Å². The summed E-state index contributed by atoms with van der Waals surface area (Å²) in [7, 11) is 0. The zero-order chi connectivity index (χ0) is 14.5. The van der Waals surface area contributed by atoms with Gasteiger partial charge in [-0.2, -0.15) is 4.99 Å². The zero-order valence-corrected chi connectivity index (χ0v) is 10.7. The molecule has 0 spiro atoms. The lowest BCUT2D eigenvalue weighted by molar-refractivity contribution is -0.384. The van der Waals surface area contributed by atoms with Crippen molar-refractivity contribution >= 4 is 23.4 Å². The molecule has 1 saturated heterocycles. The third kappa shape index (κ3) is 3.07. The maximum Gasteiger partial charge on any atom is 0.272 e. The van der Waals surface area contributed by atoms with Gasteiger partial charge in [-0.05, 0) is 25.3 Å². The molecule has 0 unspecified atom stereocenters. The van der Waals surface area contributed by atoms with E-state index in [1.54, 1.807) is 4.90 Å². The Morgan fingerprint density at radius 1 is 1.25 bits per heavy atom.